The van der Waals surface area contributed by atoms with E-state index in [2.05, 4.69) is 0 Å². The van der Waals surface area contributed by atoms with Gasteiger partial charge in [0.15, 0.2) is 6.29 Å². The smallest absolute Gasteiger partial charge is 0.159 e. The lowest BCUT2D eigenvalue weighted by Gasteiger charge is -2.14. The molecule has 1 aliphatic heterocycles. The van der Waals surface area contributed by atoms with Gasteiger partial charge in [-0.25, -0.2) is 0 Å². The van der Waals surface area contributed by atoms with Crippen molar-refractivity contribution in [3.8, 4) is 0 Å². The SMILES string of the molecule is NC(CC1OCCO1)c1ccsc1Cl. The van der Waals surface area contributed by atoms with Crippen LogP contribution in [0.25, 0.3) is 0 Å². The number of thiophene rings is 1. The second-order valence-corrected chi connectivity index (χ2v) is 4.68. The van der Waals surface area contributed by atoms with Gasteiger partial charge in [-0.3, -0.25) is 0 Å². The molecule has 3 nitrogen and oxygen atoms in total. The molecule has 1 saturated heterocycles. The zero-order valence-electron chi connectivity index (χ0n) is 7.61. The van der Waals surface area contributed by atoms with Gasteiger partial charge >= 0.3 is 0 Å². The van der Waals surface area contributed by atoms with Gasteiger partial charge in [-0.15, -0.1) is 11.3 Å². The standard InChI is InChI=1S/C9H12ClNO2S/c10-9-6(1-4-14-9)7(11)5-8-12-2-3-13-8/h1,4,7-8H,2-3,5,11H2. The van der Waals surface area contributed by atoms with E-state index in [9.17, 15) is 0 Å². The van der Waals surface area contributed by atoms with Crippen LogP contribution in [0.4, 0.5) is 0 Å². The Balaban J connectivity index is 1.95. The predicted octanol–water partition coefficient (Wildman–Crippen LogP) is 2.16. The molecule has 2 heterocycles. The largest absolute Gasteiger partial charge is 0.350 e. The summed E-state index contributed by atoms with van der Waals surface area (Å²) in [5.41, 5.74) is 6.96. The number of hydrogen-bond donors (Lipinski definition) is 1. The molecule has 1 fully saturated rings. The maximum atomic E-state index is 5.98. The molecule has 0 aliphatic carbocycles. The molecule has 14 heavy (non-hydrogen) atoms. The average Bonchev–Trinajstić information content (AvgIpc) is 2.75. The van der Waals surface area contributed by atoms with Crippen LogP contribution in [0.15, 0.2) is 11.4 Å². The monoisotopic (exact) mass is 233 g/mol. The van der Waals surface area contributed by atoms with Gasteiger partial charge in [0, 0.05) is 12.5 Å². The Morgan fingerprint density at radius 1 is 1.57 bits per heavy atom. The zero-order valence-corrected chi connectivity index (χ0v) is 9.18. The van der Waals surface area contributed by atoms with Gasteiger partial charge in [0.1, 0.15) is 0 Å². The summed E-state index contributed by atoms with van der Waals surface area (Å²) in [5.74, 6) is 0. The number of nitrogens with two attached hydrogens (primary N) is 1. The quantitative estimate of drug-likeness (QED) is 0.870. The topological polar surface area (TPSA) is 44.5 Å². The minimum Gasteiger partial charge on any atom is -0.350 e. The lowest BCUT2D eigenvalue weighted by atomic mass is 10.1. The summed E-state index contributed by atoms with van der Waals surface area (Å²) in [4.78, 5) is 0. The molecule has 5 heteroatoms. The van der Waals surface area contributed by atoms with Crippen molar-refractivity contribution in [3.63, 3.8) is 0 Å². The van der Waals surface area contributed by atoms with Gasteiger partial charge in [-0.1, -0.05) is 11.6 Å². The second kappa shape index (κ2) is 4.59. The molecular formula is C9H12ClNO2S. The molecule has 78 valence electrons. The van der Waals surface area contributed by atoms with E-state index in [1.54, 1.807) is 0 Å². The van der Waals surface area contributed by atoms with Crippen LogP contribution in [0.3, 0.4) is 0 Å². The van der Waals surface area contributed by atoms with Crippen LogP contribution in [0.1, 0.15) is 18.0 Å². The van der Waals surface area contributed by atoms with Crippen LogP contribution in [0.2, 0.25) is 4.34 Å². The highest BCUT2D eigenvalue weighted by Gasteiger charge is 2.21. The summed E-state index contributed by atoms with van der Waals surface area (Å²) < 4.78 is 11.4. The van der Waals surface area contributed by atoms with E-state index in [4.69, 9.17) is 26.8 Å². The highest BCUT2D eigenvalue weighted by molar-refractivity contribution is 7.14. The van der Waals surface area contributed by atoms with Crippen molar-refractivity contribution in [1.29, 1.82) is 0 Å². The number of rotatable bonds is 3. The highest BCUT2D eigenvalue weighted by Crippen LogP contribution is 2.30. The van der Waals surface area contributed by atoms with Gasteiger partial charge < -0.3 is 15.2 Å². The first-order valence-electron chi connectivity index (χ1n) is 4.49. The minimum absolute atomic E-state index is 0.100. The highest BCUT2D eigenvalue weighted by atomic mass is 35.5. The molecule has 2 rings (SSSR count). The van der Waals surface area contributed by atoms with Crippen LogP contribution < -0.4 is 5.73 Å². The van der Waals surface area contributed by atoms with E-state index >= 15 is 0 Å². The normalized spacial score (nSPS) is 20.1. The van der Waals surface area contributed by atoms with Gasteiger partial charge in [0.25, 0.3) is 0 Å². The zero-order chi connectivity index (χ0) is 9.97. The van der Waals surface area contributed by atoms with Crippen LogP contribution >= 0.6 is 22.9 Å². The Bertz CT molecular complexity index is 299. The second-order valence-electron chi connectivity index (χ2n) is 3.16. The summed E-state index contributed by atoms with van der Waals surface area (Å²) >= 11 is 7.47. The molecule has 0 spiro atoms. The van der Waals surface area contributed by atoms with Crippen molar-refractivity contribution >= 4 is 22.9 Å². The van der Waals surface area contributed by atoms with Crippen molar-refractivity contribution in [2.45, 2.75) is 18.8 Å². The third-order valence-corrected chi connectivity index (χ3v) is 3.38. The Kier molecular flexibility index (Phi) is 3.41. The lowest BCUT2D eigenvalue weighted by Crippen LogP contribution is -2.19. The predicted molar refractivity (Wildman–Crippen MR) is 56.6 cm³/mol. The van der Waals surface area contributed by atoms with Crippen molar-refractivity contribution in [3.05, 3.63) is 21.3 Å². The van der Waals surface area contributed by atoms with E-state index in [0.29, 0.717) is 19.6 Å². The Morgan fingerprint density at radius 2 is 2.29 bits per heavy atom. The van der Waals surface area contributed by atoms with Crippen molar-refractivity contribution in [2.24, 2.45) is 5.73 Å². The first-order chi connectivity index (χ1) is 6.77. The molecule has 1 aliphatic rings. The Morgan fingerprint density at radius 3 is 2.86 bits per heavy atom. The molecule has 0 bridgehead atoms. The average molecular weight is 234 g/mol. The maximum absolute atomic E-state index is 5.98. The van der Waals surface area contributed by atoms with Crippen LogP contribution in [0, 0.1) is 0 Å². The van der Waals surface area contributed by atoms with E-state index in [1.807, 2.05) is 11.4 Å². The van der Waals surface area contributed by atoms with E-state index in [0.717, 1.165) is 9.90 Å². The fourth-order valence-corrected chi connectivity index (χ4v) is 2.49. The first kappa shape index (κ1) is 10.4. The number of halogens is 1. The molecule has 1 atom stereocenters. The first-order valence-corrected chi connectivity index (χ1v) is 5.75. The van der Waals surface area contributed by atoms with Gasteiger partial charge in [0.05, 0.1) is 17.6 Å². The number of ether oxygens (including phenoxy) is 2. The summed E-state index contributed by atoms with van der Waals surface area (Å²) in [6.07, 6.45) is 0.497. The van der Waals surface area contributed by atoms with E-state index < -0.39 is 0 Å². The molecule has 2 N–H and O–H groups in total. The summed E-state index contributed by atoms with van der Waals surface area (Å²) in [7, 11) is 0. The van der Waals surface area contributed by atoms with Crippen LogP contribution in [-0.2, 0) is 9.47 Å². The minimum atomic E-state index is -0.166. The van der Waals surface area contributed by atoms with Gasteiger partial charge in [0.2, 0.25) is 0 Å². The summed E-state index contributed by atoms with van der Waals surface area (Å²) in [6.45, 7) is 1.32. The fraction of sp³-hybridized carbons (Fsp3) is 0.556. The molecule has 0 aromatic carbocycles. The van der Waals surface area contributed by atoms with Crippen molar-refractivity contribution < 1.29 is 9.47 Å². The third-order valence-electron chi connectivity index (χ3n) is 2.18. The molecular weight excluding hydrogens is 222 g/mol. The Hall–Kier alpha value is -0.130. The summed E-state index contributed by atoms with van der Waals surface area (Å²) in [6, 6.07) is 1.85. The van der Waals surface area contributed by atoms with Crippen LogP contribution in [0.5, 0.6) is 0 Å². The van der Waals surface area contributed by atoms with Crippen LogP contribution in [-0.4, -0.2) is 19.5 Å². The molecule has 1 unspecified atom stereocenters. The lowest BCUT2D eigenvalue weighted by molar-refractivity contribution is -0.0507. The van der Waals surface area contributed by atoms with E-state index in [1.165, 1.54) is 11.3 Å². The van der Waals surface area contributed by atoms with E-state index in [-0.39, 0.29) is 12.3 Å². The molecule has 0 radical (unpaired) electrons. The maximum Gasteiger partial charge on any atom is 0.159 e. The van der Waals surface area contributed by atoms with Gasteiger partial charge in [-0.05, 0) is 17.0 Å². The summed E-state index contributed by atoms with van der Waals surface area (Å²) in [5, 5.41) is 1.94. The molecule has 1 aromatic heterocycles. The number of hydrogen-bond acceptors (Lipinski definition) is 4. The van der Waals surface area contributed by atoms with Gasteiger partial charge in [-0.2, -0.15) is 0 Å². The van der Waals surface area contributed by atoms with Crippen molar-refractivity contribution in [1.82, 2.24) is 0 Å². The third kappa shape index (κ3) is 2.27. The fourth-order valence-electron chi connectivity index (χ4n) is 1.45. The molecule has 0 amide bonds. The molecule has 0 saturated carbocycles. The Labute approximate surface area is 91.8 Å². The molecule has 1 aromatic rings. The van der Waals surface area contributed by atoms with Crippen molar-refractivity contribution in [2.75, 3.05) is 13.2 Å².